The molecule has 1 heterocycles. The van der Waals surface area contributed by atoms with E-state index in [1.807, 2.05) is 0 Å². The summed E-state index contributed by atoms with van der Waals surface area (Å²) in [5.41, 5.74) is 2.58. The molecule has 114 valence electrons. The van der Waals surface area contributed by atoms with Crippen molar-refractivity contribution >= 4 is 5.97 Å². The van der Waals surface area contributed by atoms with Gasteiger partial charge in [-0.1, -0.05) is 24.3 Å². The van der Waals surface area contributed by atoms with Crippen LogP contribution in [-0.4, -0.2) is 35.6 Å². The molecule has 1 N–H and O–H groups in total. The maximum atomic E-state index is 11.0. The van der Waals surface area contributed by atoms with E-state index in [-0.39, 0.29) is 12.3 Å². The first-order chi connectivity index (χ1) is 10.2. The summed E-state index contributed by atoms with van der Waals surface area (Å²) < 4.78 is 0. The number of hydrogen-bond acceptors (Lipinski definition) is 2. The molecule has 0 spiro atoms. The van der Waals surface area contributed by atoms with Crippen molar-refractivity contribution in [3.63, 3.8) is 0 Å². The highest BCUT2D eigenvalue weighted by Gasteiger charge is 2.33. The average Bonchev–Trinajstić information content (AvgIpc) is 3.19. The van der Waals surface area contributed by atoms with Gasteiger partial charge in [-0.3, -0.25) is 4.79 Å². The van der Waals surface area contributed by atoms with Gasteiger partial charge in [0.2, 0.25) is 0 Å². The Morgan fingerprint density at radius 1 is 1.19 bits per heavy atom. The summed E-state index contributed by atoms with van der Waals surface area (Å²) in [4.78, 5) is 13.6. The summed E-state index contributed by atoms with van der Waals surface area (Å²) in [5, 5.41) is 9.08. The lowest BCUT2D eigenvalue weighted by Gasteiger charge is -2.16. The minimum absolute atomic E-state index is 0.218. The van der Waals surface area contributed by atoms with Crippen LogP contribution in [0.4, 0.5) is 0 Å². The zero-order valence-corrected chi connectivity index (χ0v) is 12.6. The molecular formula is C18H25NO2. The van der Waals surface area contributed by atoms with E-state index in [1.165, 1.54) is 49.9 Å². The van der Waals surface area contributed by atoms with Crippen molar-refractivity contribution in [2.24, 2.45) is 5.92 Å². The Balaban J connectivity index is 1.58. The van der Waals surface area contributed by atoms with Crippen molar-refractivity contribution < 1.29 is 9.90 Å². The molecule has 1 atom stereocenters. The van der Waals surface area contributed by atoms with Gasteiger partial charge < -0.3 is 10.0 Å². The van der Waals surface area contributed by atoms with Crippen molar-refractivity contribution in [2.45, 2.75) is 44.4 Å². The van der Waals surface area contributed by atoms with Crippen molar-refractivity contribution in [2.75, 3.05) is 19.6 Å². The van der Waals surface area contributed by atoms with Crippen LogP contribution in [0.25, 0.3) is 0 Å². The number of carbonyl (C=O) groups is 1. The van der Waals surface area contributed by atoms with Crippen molar-refractivity contribution in [3.8, 4) is 0 Å². The number of likely N-dealkylation sites (tertiary alicyclic amines) is 1. The van der Waals surface area contributed by atoms with Crippen LogP contribution in [-0.2, 0) is 11.2 Å². The van der Waals surface area contributed by atoms with Gasteiger partial charge in [0.1, 0.15) is 0 Å². The fourth-order valence-corrected chi connectivity index (χ4v) is 3.47. The van der Waals surface area contributed by atoms with E-state index in [0.717, 1.165) is 13.0 Å². The minimum Gasteiger partial charge on any atom is -0.481 e. The van der Waals surface area contributed by atoms with Gasteiger partial charge in [-0.15, -0.1) is 0 Å². The Labute approximate surface area is 127 Å². The molecule has 3 heteroatoms. The highest BCUT2D eigenvalue weighted by Crippen LogP contribution is 2.44. The number of carboxylic acid groups (broad SMARTS) is 1. The fraction of sp³-hybridized carbons (Fsp3) is 0.611. The maximum absolute atomic E-state index is 11.0. The van der Waals surface area contributed by atoms with Gasteiger partial charge >= 0.3 is 5.97 Å². The monoisotopic (exact) mass is 287 g/mol. The third-order valence-corrected chi connectivity index (χ3v) is 4.91. The Morgan fingerprint density at radius 3 is 2.43 bits per heavy atom. The van der Waals surface area contributed by atoms with Crippen LogP contribution in [0.5, 0.6) is 0 Å². The van der Waals surface area contributed by atoms with Crippen LogP contribution in [0.2, 0.25) is 0 Å². The highest BCUT2D eigenvalue weighted by atomic mass is 16.4. The largest absolute Gasteiger partial charge is 0.481 e. The van der Waals surface area contributed by atoms with E-state index >= 15 is 0 Å². The smallest absolute Gasteiger partial charge is 0.303 e. The van der Waals surface area contributed by atoms with Gasteiger partial charge in [0.15, 0.2) is 0 Å². The third kappa shape index (κ3) is 4.07. The van der Waals surface area contributed by atoms with Crippen molar-refractivity contribution in [1.29, 1.82) is 0 Å². The number of nitrogens with zero attached hydrogens (tertiary/aromatic N) is 1. The van der Waals surface area contributed by atoms with E-state index in [4.69, 9.17) is 5.11 Å². The summed E-state index contributed by atoms with van der Waals surface area (Å²) in [6.45, 7) is 3.65. The summed E-state index contributed by atoms with van der Waals surface area (Å²) in [6.07, 6.45) is 6.45. The fourth-order valence-electron chi connectivity index (χ4n) is 3.47. The van der Waals surface area contributed by atoms with Crippen molar-refractivity contribution in [3.05, 3.63) is 35.4 Å². The van der Waals surface area contributed by atoms with Crippen LogP contribution >= 0.6 is 0 Å². The quantitative estimate of drug-likeness (QED) is 0.836. The lowest BCUT2D eigenvalue weighted by Crippen LogP contribution is -2.21. The molecule has 1 aliphatic heterocycles. The number of aliphatic carboxylic acids is 1. The second-order valence-electron chi connectivity index (χ2n) is 6.58. The summed E-state index contributed by atoms with van der Waals surface area (Å²) >= 11 is 0. The topological polar surface area (TPSA) is 40.5 Å². The molecule has 3 rings (SSSR count). The predicted octanol–water partition coefficient (Wildman–Crippen LogP) is 3.29. The van der Waals surface area contributed by atoms with E-state index in [0.29, 0.717) is 5.92 Å². The highest BCUT2D eigenvalue weighted by molar-refractivity contribution is 5.68. The summed E-state index contributed by atoms with van der Waals surface area (Å²) in [5.74, 6) is 0.136. The van der Waals surface area contributed by atoms with E-state index in [2.05, 4.69) is 29.2 Å². The Hall–Kier alpha value is -1.35. The van der Waals surface area contributed by atoms with E-state index < -0.39 is 5.97 Å². The molecule has 0 radical (unpaired) electrons. The Morgan fingerprint density at radius 2 is 1.86 bits per heavy atom. The van der Waals surface area contributed by atoms with Crippen LogP contribution in [0.1, 0.15) is 49.1 Å². The minimum atomic E-state index is -0.676. The van der Waals surface area contributed by atoms with Gasteiger partial charge in [0.05, 0.1) is 6.42 Å². The molecule has 2 fully saturated rings. The number of benzene rings is 1. The molecule has 1 saturated heterocycles. The number of carboxylic acids is 1. The first-order valence-corrected chi connectivity index (χ1v) is 8.25. The van der Waals surface area contributed by atoms with Crippen LogP contribution < -0.4 is 0 Å². The molecule has 1 aliphatic carbocycles. The first kappa shape index (κ1) is 14.6. The zero-order chi connectivity index (χ0) is 14.7. The van der Waals surface area contributed by atoms with Gasteiger partial charge in [-0.05, 0) is 68.2 Å². The number of rotatable bonds is 7. The van der Waals surface area contributed by atoms with Crippen LogP contribution in [0, 0.1) is 5.92 Å². The predicted molar refractivity (Wildman–Crippen MR) is 83.5 cm³/mol. The lowest BCUT2D eigenvalue weighted by molar-refractivity contribution is -0.137. The van der Waals surface area contributed by atoms with Gasteiger partial charge in [-0.2, -0.15) is 0 Å². The molecule has 1 aromatic carbocycles. The summed E-state index contributed by atoms with van der Waals surface area (Å²) in [7, 11) is 0. The maximum Gasteiger partial charge on any atom is 0.303 e. The molecule has 21 heavy (non-hydrogen) atoms. The van der Waals surface area contributed by atoms with E-state index in [1.54, 1.807) is 0 Å². The Kier molecular flexibility index (Phi) is 4.59. The second-order valence-corrected chi connectivity index (χ2v) is 6.58. The van der Waals surface area contributed by atoms with Gasteiger partial charge in [-0.25, -0.2) is 0 Å². The first-order valence-electron chi connectivity index (χ1n) is 8.25. The molecule has 2 aliphatic rings. The third-order valence-electron chi connectivity index (χ3n) is 4.91. The SMILES string of the molecule is O=C(O)CC(c1ccc(CCN2CCCC2)cc1)C1CC1. The van der Waals surface area contributed by atoms with Crippen LogP contribution in [0.15, 0.2) is 24.3 Å². The van der Waals surface area contributed by atoms with Crippen LogP contribution in [0.3, 0.4) is 0 Å². The Bertz CT molecular complexity index is 472. The molecule has 1 unspecified atom stereocenters. The van der Waals surface area contributed by atoms with Crippen molar-refractivity contribution in [1.82, 2.24) is 4.90 Å². The molecule has 3 nitrogen and oxygen atoms in total. The lowest BCUT2D eigenvalue weighted by atomic mass is 9.90. The molecule has 1 aromatic rings. The average molecular weight is 287 g/mol. The number of hydrogen-bond donors (Lipinski definition) is 1. The standard InChI is InChI=1S/C18H25NO2/c20-18(21)13-17(16-7-8-16)15-5-3-14(4-6-15)9-12-19-10-1-2-11-19/h3-6,16-17H,1-2,7-13H2,(H,20,21). The van der Waals surface area contributed by atoms with Gasteiger partial charge in [0, 0.05) is 6.54 Å². The normalized spacial score (nSPS) is 20.6. The molecular weight excluding hydrogens is 262 g/mol. The van der Waals surface area contributed by atoms with Gasteiger partial charge in [0.25, 0.3) is 0 Å². The second kappa shape index (κ2) is 6.61. The molecule has 0 amide bonds. The molecule has 0 aromatic heterocycles. The molecule has 0 bridgehead atoms. The summed E-state index contributed by atoms with van der Waals surface area (Å²) in [6, 6.07) is 8.71. The zero-order valence-electron chi connectivity index (χ0n) is 12.6. The molecule has 1 saturated carbocycles. The van der Waals surface area contributed by atoms with E-state index in [9.17, 15) is 4.79 Å².